The first-order chi connectivity index (χ1) is 8.55. The zero-order chi connectivity index (χ0) is 15.0. The van der Waals surface area contributed by atoms with E-state index < -0.39 is 40.2 Å². The number of nitro benzene ring substituents is 1. The minimum atomic E-state index is -5.01. The molecule has 0 fully saturated rings. The zero-order valence-corrected chi connectivity index (χ0v) is 10.6. The first-order valence-electron chi connectivity index (χ1n) is 4.73. The summed E-state index contributed by atoms with van der Waals surface area (Å²) in [4.78, 5) is 9.64. The Morgan fingerprint density at radius 2 is 1.95 bits per heavy atom. The lowest BCUT2D eigenvalue weighted by Crippen LogP contribution is -2.38. The maximum absolute atomic E-state index is 12.3. The van der Waals surface area contributed by atoms with Gasteiger partial charge in [0.1, 0.15) is 0 Å². The van der Waals surface area contributed by atoms with Crippen LogP contribution in [0.4, 0.5) is 18.9 Å². The molecule has 0 saturated heterocycles. The number of nitrogens with two attached hydrogens (primary N) is 1. The number of nitrogens with zero attached hydrogens (tertiary/aromatic N) is 1. The van der Waals surface area contributed by atoms with E-state index in [9.17, 15) is 28.4 Å². The predicted octanol–water partition coefficient (Wildman–Crippen LogP) is 1.99. The standard InChI is InChI=1S/C9H8BrF3N2O4/c10-3-1-4(6(14)8(17)9(11,12)13)7(16)5(2-3)15(18)19/h1-2,6,8,16-17H,14H2/t6-,8-/m0/s1. The van der Waals surface area contributed by atoms with Gasteiger partial charge in [-0.1, -0.05) is 15.9 Å². The van der Waals surface area contributed by atoms with Gasteiger partial charge in [0.15, 0.2) is 11.9 Å². The summed E-state index contributed by atoms with van der Waals surface area (Å²) >= 11 is 2.85. The van der Waals surface area contributed by atoms with Crippen molar-refractivity contribution < 1.29 is 28.3 Å². The summed E-state index contributed by atoms with van der Waals surface area (Å²) < 4.78 is 37.0. The molecule has 0 unspecified atom stereocenters. The van der Waals surface area contributed by atoms with Gasteiger partial charge in [-0.3, -0.25) is 10.1 Å². The summed E-state index contributed by atoms with van der Waals surface area (Å²) in [5.74, 6) is -1.01. The van der Waals surface area contributed by atoms with Crippen LogP contribution in [-0.4, -0.2) is 27.4 Å². The number of phenolic OH excluding ortho intramolecular Hbond substituents is 1. The lowest BCUT2D eigenvalue weighted by Gasteiger charge is -2.22. The molecule has 0 aliphatic rings. The van der Waals surface area contributed by atoms with Crippen LogP contribution in [0.2, 0.25) is 0 Å². The Morgan fingerprint density at radius 1 is 1.42 bits per heavy atom. The molecule has 0 heterocycles. The van der Waals surface area contributed by atoms with E-state index in [1.807, 2.05) is 0 Å². The Hall–Kier alpha value is -1.39. The molecule has 0 amide bonds. The molecule has 1 rings (SSSR count). The molecule has 0 aromatic heterocycles. The number of benzene rings is 1. The van der Waals surface area contributed by atoms with Gasteiger partial charge in [0, 0.05) is 16.1 Å². The van der Waals surface area contributed by atoms with Gasteiger partial charge in [-0.15, -0.1) is 0 Å². The molecule has 19 heavy (non-hydrogen) atoms. The van der Waals surface area contributed by atoms with Crippen molar-refractivity contribution in [1.82, 2.24) is 0 Å². The number of hydrogen-bond acceptors (Lipinski definition) is 5. The fourth-order valence-electron chi connectivity index (χ4n) is 1.37. The van der Waals surface area contributed by atoms with Gasteiger partial charge in [-0.25, -0.2) is 0 Å². The topological polar surface area (TPSA) is 110 Å². The number of aliphatic hydroxyl groups is 1. The van der Waals surface area contributed by atoms with Gasteiger partial charge < -0.3 is 15.9 Å². The predicted molar refractivity (Wildman–Crippen MR) is 61.5 cm³/mol. The Bertz CT molecular complexity index is 509. The Labute approximate surface area is 112 Å². The van der Waals surface area contributed by atoms with Crippen LogP contribution < -0.4 is 5.73 Å². The summed E-state index contributed by atoms with van der Waals surface area (Å²) in [6.07, 6.45) is -7.96. The van der Waals surface area contributed by atoms with E-state index in [2.05, 4.69) is 15.9 Å². The minimum Gasteiger partial charge on any atom is -0.502 e. The molecule has 0 aliphatic carbocycles. The maximum atomic E-state index is 12.3. The van der Waals surface area contributed by atoms with Crippen molar-refractivity contribution in [2.24, 2.45) is 5.73 Å². The highest BCUT2D eigenvalue weighted by atomic mass is 79.9. The summed E-state index contributed by atoms with van der Waals surface area (Å²) in [5.41, 5.74) is 3.80. The van der Waals surface area contributed by atoms with Crippen LogP contribution in [0.15, 0.2) is 16.6 Å². The van der Waals surface area contributed by atoms with Crippen LogP contribution in [0.25, 0.3) is 0 Å². The molecule has 0 saturated carbocycles. The van der Waals surface area contributed by atoms with Crippen molar-refractivity contribution in [3.05, 3.63) is 32.3 Å². The Kier molecular flexibility index (Phi) is 4.38. The average Bonchev–Trinajstić information content (AvgIpc) is 2.28. The van der Waals surface area contributed by atoms with Gasteiger partial charge in [0.25, 0.3) is 0 Å². The first-order valence-corrected chi connectivity index (χ1v) is 5.52. The number of nitro groups is 1. The zero-order valence-electron chi connectivity index (χ0n) is 9.06. The number of aromatic hydroxyl groups is 1. The van der Waals surface area contributed by atoms with E-state index >= 15 is 0 Å². The number of rotatable bonds is 3. The van der Waals surface area contributed by atoms with E-state index in [1.165, 1.54) is 0 Å². The number of hydrogen-bond donors (Lipinski definition) is 3. The van der Waals surface area contributed by atoms with Crippen molar-refractivity contribution in [2.45, 2.75) is 18.3 Å². The van der Waals surface area contributed by atoms with Gasteiger partial charge in [-0.2, -0.15) is 13.2 Å². The molecule has 106 valence electrons. The van der Waals surface area contributed by atoms with E-state index in [-0.39, 0.29) is 4.47 Å². The monoisotopic (exact) mass is 344 g/mol. The van der Waals surface area contributed by atoms with Crippen LogP contribution in [0.3, 0.4) is 0 Å². The fourth-order valence-corrected chi connectivity index (χ4v) is 1.84. The van der Waals surface area contributed by atoms with Crippen LogP contribution >= 0.6 is 15.9 Å². The second-order valence-electron chi connectivity index (χ2n) is 3.63. The Balaban J connectivity index is 3.31. The molecule has 0 spiro atoms. The van der Waals surface area contributed by atoms with E-state index in [1.54, 1.807) is 0 Å². The molecule has 1 aromatic rings. The van der Waals surface area contributed by atoms with Crippen molar-refractivity contribution >= 4 is 21.6 Å². The number of aliphatic hydroxyl groups excluding tert-OH is 1. The quantitative estimate of drug-likeness (QED) is 0.573. The third-order valence-electron chi connectivity index (χ3n) is 2.32. The fraction of sp³-hybridized carbons (Fsp3) is 0.333. The molecule has 10 heteroatoms. The van der Waals surface area contributed by atoms with Crippen LogP contribution in [-0.2, 0) is 0 Å². The molecule has 0 bridgehead atoms. The second kappa shape index (κ2) is 5.31. The molecule has 1 aromatic carbocycles. The largest absolute Gasteiger partial charge is 0.502 e. The molecule has 4 N–H and O–H groups in total. The van der Waals surface area contributed by atoms with Crippen LogP contribution in [0.5, 0.6) is 5.75 Å². The number of alkyl halides is 3. The molecular formula is C9H8BrF3N2O4. The highest BCUT2D eigenvalue weighted by molar-refractivity contribution is 9.10. The average molecular weight is 345 g/mol. The second-order valence-corrected chi connectivity index (χ2v) is 4.55. The molecule has 0 radical (unpaired) electrons. The Morgan fingerprint density at radius 3 is 2.37 bits per heavy atom. The van der Waals surface area contributed by atoms with Gasteiger partial charge in [0.05, 0.1) is 11.0 Å². The highest BCUT2D eigenvalue weighted by Crippen LogP contribution is 2.39. The third-order valence-corrected chi connectivity index (χ3v) is 2.77. The van der Waals surface area contributed by atoms with Crippen molar-refractivity contribution in [1.29, 1.82) is 0 Å². The maximum Gasteiger partial charge on any atom is 0.416 e. The number of phenols is 1. The number of halogens is 4. The summed E-state index contributed by atoms with van der Waals surface area (Å²) in [6, 6.07) is -0.163. The lowest BCUT2D eigenvalue weighted by molar-refractivity contribution is -0.386. The first kappa shape index (κ1) is 15.7. The van der Waals surface area contributed by atoms with Crippen LogP contribution in [0.1, 0.15) is 11.6 Å². The van der Waals surface area contributed by atoms with Crippen molar-refractivity contribution in [3.63, 3.8) is 0 Å². The molecule has 2 atom stereocenters. The van der Waals surface area contributed by atoms with Crippen molar-refractivity contribution in [3.8, 4) is 5.75 Å². The summed E-state index contributed by atoms with van der Waals surface area (Å²) in [5, 5.41) is 29.2. The van der Waals surface area contributed by atoms with E-state index in [0.717, 1.165) is 12.1 Å². The summed E-state index contributed by atoms with van der Waals surface area (Å²) in [6.45, 7) is 0. The minimum absolute atomic E-state index is 0.0526. The highest BCUT2D eigenvalue weighted by Gasteiger charge is 2.44. The molecular weight excluding hydrogens is 337 g/mol. The van der Waals surface area contributed by atoms with Gasteiger partial charge >= 0.3 is 11.9 Å². The summed E-state index contributed by atoms with van der Waals surface area (Å²) in [7, 11) is 0. The van der Waals surface area contributed by atoms with E-state index in [4.69, 9.17) is 10.8 Å². The molecule has 0 aliphatic heterocycles. The van der Waals surface area contributed by atoms with Crippen LogP contribution in [0, 0.1) is 10.1 Å². The van der Waals surface area contributed by atoms with Gasteiger partial charge in [0.2, 0.25) is 0 Å². The van der Waals surface area contributed by atoms with Gasteiger partial charge in [-0.05, 0) is 6.07 Å². The smallest absolute Gasteiger partial charge is 0.416 e. The normalized spacial score (nSPS) is 15.1. The molecule has 6 nitrogen and oxygen atoms in total. The lowest BCUT2D eigenvalue weighted by atomic mass is 10.00. The van der Waals surface area contributed by atoms with Crippen molar-refractivity contribution in [2.75, 3.05) is 0 Å². The van der Waals surface area contributed by atoms with E-state index in [0.29, 0.717) is 0 Å². The SMILES string of the molecule is N[C@@H](c1cc(Br)cc([N+](=O)[O-])c1O)[C@H](O)C(F)(F)F. The third kappa shape index (κ3) is 3.33.